The normalized spacial score (nSPS) is 10.9. The van der Waals surface area contributed by atoms with Crippen molar-refractivity contribution in [3.05, 3.63) is 77.9 Å². The predicted molar refractivity (Wildman–Crippen MR) is 121 cm³/mol. The van der Waals surface area contributed by atoms with Crippen molar-refractivity contribution in [2.75, 3.05) is 5.32 Å². The van der Waals surface area contributed by atoms with Crippen LogP contribution in [0.1, 0.15) is 34.6 Å². The predicted octanol–water partition coefficient (Wildman–Crippen LogP) is 4.39. The van der Waals surface area contributed by atoms with Gasteiger partial charge < -0.3 is 10.1 Å². The summed E-state index contributed by atoms with van der Waals surface area (Å²) in [7, 11) is 0. The summed E-state index contributed by atoms with van der Waals surface area (Å²) in [5.41, 5.74) is 4.93. The molecule has 8 nitrogen and oxygen atoms in total. The molecular formula is C24H22N4O4. The number of rotatable bonds is 6. The van der Waals surface area contributed by atoms with Crippen LogP contribution >= 0.6 is 0 Å². The van der Waals surface area contributed by atoms with Crippen molar-refractivity contribution in [3.8, 4) is 16.9 Å². The third-order valence-corrected chi connectivity index (χ3v) is 4.84. The number of nitrogens with zero attached hydrogens (tertiary/aromatic N) is 1. The van der Waals surface area contributed by atoms with Crippen LogP contribution in [0.4, 0.5) is 5.82 Å². The summed E-state index contributed by atoms with van der Waals surface area (Å²) in [6.07, 6.45) is 0.0922. The van der Waals surface area contributed by atoms with Crippen molar-refractivity contribution in [3.63, 3.8) is 0 Å². The number of H-pyrrole nitrogens is 1. The fourth-order valence-corrected chi connectivity index (χ4v) is 3.33. The molecule has 0 radical (unpaired) electrons. The smallest absolute Gasteiger partial charge is 0.274 e. The molecule has 2 amide bonds. The summed E-state index contributed by atoms with van der Waals surface area (Å²) < 4.78 is 5.78. The summed E-state index contributed by atoms with van der Waals surface area (Å²) >= 11 is 0. The molecule has 8 heteroatoms. The molecule has 0 fully saturated rings. The first-order valence-electron chi connectivity index (χ1n) is 10.1. The lowest BCUT2D eigenvalue weighted by atomic mass is 10.0. The van der Waals surface area contributed by atoms with Crippen LogP contribution < -0.4 is 15.5 Å². The zero-order valence-electron chi connectivity index (χ0n) is 17.5. The topological polar surface area (TPSA) is 116 Å². The van der Waals surface area contributed by atoms with Gasteiger partial charge in [-0.15, -0.1) is 0 Å². The standard InChI is InChI=1S/C24H22N4O4/c1-14(2)32-19-5-3-4-17(12-19)18-10-11-20-21(13-18)26-27-22(20)25-23(29)15-6-8-16(9-7-15)24(30)28-31/h3-14,31H,1-2H3,(H,28,30)(H2,25,26,27,29). The number of hydrogen-bond donors (Lipinski definition) is 4. The van der Waals surface area contributed by atoms with Crippen LogP contribution in [-0.2, 0) is 0 Å². The molecule has 1 heterocycles. The molecule has 0 aliphatic carbocycles. The van der Waals surface area contributed by atoms with Crippen molar-refractivity contribution in [1.29, 1.82) is 0 Å². The van der Waals surface area contributed by atoms with Crippen molar-refractivity contribution in [2.45, 2.75) is 20.0 Å². The van der Waals surface area contributed by atoms with Gasteiger partial charge in [0.05, 0.1) is 11.6 Å². The summed E-state index contributed by atoms with van der Waals surface area (Å²) in [5, 5.41) is 19.4. The third kappa shape index (κ3) is 4.45. The number of anilines is 1. The van der Waals surface area contributed by atoms with E-state index in [1.165, 1.54) is 24.3 Å². The molecule has 4 aromatic rings. The molecule has 0 saturated heterocycles. The Bertz CT molecular complexity index is 1280. The molecule has 4 rings (SSSR count). The maximum absolute atomic E-state index is 12.6. The molecule has 0 bridgehead atoms. The van der Waals surface area contributed by atoms with Gasteiger partial charge in [-0.1, -0.05) is 18.2 Å². The van der Waals surface area contributed by atoms with E-state index < -0.39 is 5.91 Å². The first kappa shape index (κ1) is 21.1. The molecular weight excluding hydrogens is 408 g/mol. The number of carbonyl (C=O) groups is 2. The lowest BCUT2D eigenvalue weighted by Gasteiger charge is -2.11. The highest BCUT2D eigenvalue weighted by Crippen LogP contribution is 2.29. The monoisotopic (exact) mass is 430 g/mol. The van der Waals surface area contributed by atoms with E-state index >= 15 is 0 Å². The van der Waals surface area contributed by atoms with Gasteiger partial charge in [-0.2, -0.15) is 5.10 Å². The van der Waals surface area contributed by atoms with Gasteiger partial charge in [0.15, 0.2) is 5.82 Å². The van der Waals surface area contributed by atoms with E-state index in [9.17, 15) is 9.59 Å². The number of amides is 2. The highest BCUT2D eigenvalue weighted by atomic mass is 16.5. The molecule has 1 aromatic heterocycles. The number of carbonyl (C=O) groups excluding carboxylic acids is 2. The number of aromatic amines is 1. The van der Waals surface area contributed by atoms with Crippen LogP contribution in [0.5, 0.6) is 5.75 Å². The van der Waals surface area contributed by atoms with Gasteiger partial charge in [0.1, 0.15) is 5.75 Å². The lowest BCUT2D eigenvalue weighted by Crippen LogP contribution is -2.19. The SMILES string of the molecule is CC(C)Oc1cccc(-c2ccc3c(NC(=O)c4ccc(C(=O)NO)cc4)n[nH]c3c2)c1. The summed E-state index contributed by atoms with van der Waals surface area (Å²) in [5.74, 6) is 0.201. The molecule has 0 saturated carbocycles. The highest BCUT2D eigenvalue weighted by molar-refractivity contribution is 6.08. The maximum Gasteiger partial charge on any atom is 0.274 e. The van der Waals surface area contributed by atoms with E-state index in [0.29, 0.717) is 11.4 Å². The zero-order valence-corrected chi connectivity index (χ0v) is 17.5. The second kappa shape index (κ2) is 8.91. The first-order chi connectivity index (χ1) is 15.4. The molecule has 32 heavy (non-hydrogen) atoms. The minimum Gasteiger partial charge on any atom is -0.491 e. The van der Waals surface area contributed by atoms with E-state index in [-0.39, 0.29) is 17.6 Å². The molecule has 0 unspecified atom stereocenters. The summed E-state index contributed by atoms with van der Waals surface area (Å²) in [6, 6.07) is 19.6. The molecule has 3 aromatic carbocycles. The van der Waals surface area contributed by atoms with Crippen LogP contribution in [0.2, 0.25) is 0 Å². The average Bonchev–Trinajstić information content (AvgIpc) is 3.20. The number of benzene rings is 3. The fourth-order valence-electron chi connectivity index (χ4n) is 3.33. The Morgan fingerprint density at radius 3 is 2.31 bits per heavy atom. The quantitative estimate of drug-likeness (QED) is 0.267. The molecule has 162 valence electrons. The van der Waals surface area contributed by atoms with Crippen molar-refractivity contribution < 1.29 is 19.5 Å². The van der Waals surface area contributed by atoms with Crippen molar-refractivity contribution in [2.24, 2.45) is 0 Å². The van der Waals surface area contributed by atoms with Crippen molar-refractivity contribution >= 4 is 28.5 Å². The number of ether oxygens (including phenoxy) is 1. The molecule has 0 aliphatic heterocycles. The second-order valence-corrected chi connectivity index (χ2v) is 7.50. The summed E-state index contributed by atoms with van der Waals surface area (Å²) in [6.45, 7) is 3.97. The van der Waals surface area contributed by atoms with Crippen LogP contribution in [0, 0.1) is 0 Å². The second-order valence-electron chi connectivity index (χ2n) is 7.50. The van der Waals surface area contributed by atoms with E-state index in [1.54, 1.807) is 5.48 Å². The van der Waals surface area contributed by atoms with Crippen LogP contribution in [-0.4, -0.2) is 33.3 Å². The summed E-state index contributed by atoms with van der Waals surface area (Å²) in [4.78, 5) is 24.0. The van der Waals surface area contributed by atoms with Crippen LogP contribution in [0.25, 0.3) is 22.0 Å². The molecule has 0 aliphatic rings. The van der Waals surface area contributed by atoms with E-state index in [0.717, 1.165) is 27.8 Å². The number of hydroxylamine groups is 1. The third-order valence-electron chi connectivity index (χ3n) is 4.84. The Hall–Kier alpha value is -4.17. The zero-order chi connectivity index (χ0) is 22.7. The molecule has 0 atom stereocenters. The van der Waals surface area contributed by atoms with Gasteiger partial charge in [0.2, 0.25) is 0 Å². The maximum atomic E-state index is 12.6. The Balaban J connectivity index is 1.54. The van der Waals surface area contributed by atoms with E-state index in [4.69, 9.17) is 9.94 Å². The highest BCUT2D eigenvalue weighted by Gasteiger charge is 2.13. The van der Waals surface area contributed by atoms with Gasteiger partial charge in [-0.05, 0) is 73.5 Å². The van der Waals surface area contributed by atoms with Gasteiger partial charge in [-0.3, -0.25) is 19.9 Å². The van der Waals surface area contributed by atoms with E-state index in [1.807, 2.05) is 56.3 Å². The number of hydrogen-bond acceptors (Lipinski definition) is 5. The van der Waals surface area contributed by atoms with Gasteiger partial charge in [0.25, 0.3) is 11.8 Å². The fraction of sp³-hybridized carbons (Fsp3) is 0.125. The minimum absolute atomic E-state index is 0.0922. The first-order valence-corrected chi connectivity index (χ1v) is 10.1. The lowest BCUT2D eigenvalue weighted by molar-refractivity contribution is 0.0706. The molecule has 0 spiro atoms. The van der Waals surface area contributed by atoms with Crippen LogP contribution in [0.3, 0.4) is 0 Å². The van der Waals surface area contributed by atoms with Gasteiger partial charge >= 0.3 is 0 Å². The van der Waals surface area contributed by atoms with Crippen LogP contribution in [0.15, 0.2) is 66.7 Å². The average molecular weight is 430 g/mol. The number of fused-ring (bicyclic) bond motifs is 1. The Morgan fingerprint density at radius 2 is 1.62 bits per heavy atom. The van der Waals surface area contributed by atoms with E-state index in [2.05, 4.69) is 15.5 Å². The molecule has 4 N–H and O–H groups in total. The van der Waals surface area contributed by atoms with Gasteiger partial charge in [0, 0.05) is 16.5 Å². The Labute approximate surface area is 184 Å². The Kier molecular flexibility index (Phi) is 5.87. The largest absolute Gasteiger partial charge is 0.491 e. The van der Waals surface area contributed by atoms with Crippen molar-refractivity contribution in [1.82, 2.24) is 15.7 Å². The number of aromatic nitrogens is 2. The minimum atomic E-state index is -0.646. The van der Waals surface area contributed by atoms with Gasteiger partial charge in [-0.25, -0.2) is 5.48 Å². The number of nitrogens with one attached hydrogen (secondary N) is 3. The Morgan fingerprint density at radius 1 is 0.938 bits per heavy atom.